The largest absolute Gasteiger partial charge is 0.477 e. The van der Waals surface area contributed by atoms with Crippen LogP contribution in [0, 0.1) is 5.92 Å². The molecule has 3 rings (SSSR count). The van der Waals surface area contributed by atoms with Crippen LogP contribution in [0.2, 0.25) is 0 Å². The Morgan fingerprint density at radius 1 is 1.24 bits per heavy atom. The smallest absolute Gasteiger partial charge is 0.341 e. The fraction of sp³-hybridized carbons (Fsp3) is 0.632. The molecule has 0 aromatic carbocycles. The van der Waals surface area contributed by atoms with Gasteiger partial charge in [-0.25, -0.2) is 4.79 Å². The SMILES string of the molecule is CC(=O)N1CCc2c(cn([C@H](C)C3CCCCC3)c(=O)c2C(=O)O)C1. The molecule has 0 saturated heterocycles. The molecule has 1 aromatic heterocycles. The van der Waals surface area contributed by atoms with Crippen molar-refractivity contribution in [2.45, 2.75) is 65.0 Å². The van der Waals surface area contributed by atoms with Crippen molar-refractivity contribution in [1.29, 1.82) is 0 Å². The average molecular weight is 346 g/mol. The predicted octanol–water partition coefficient (Wildman–Crippen LogP) is 2.59. The molecule has 2 heterocycles. The van der Waals surface area contributed by atoms with Gasteiger partial charge in [0.25, 0.3) is 5.56 Å². The van der Waals surface area contributed by atoms with E-state index in [4.69, 9.17) is 0 Å². The molecule has 0 unspecified atom stereocenters. The lowest BCUT2D eigenvalue weighted by molar-refractivity contribution is -0.129. The molecule has 1 amide bonds. The van der Waals surface area contributed by atoms with Gasteiger partial charge in [-0.1, -0.05) is 19.3 Å². The number of aromatic carboxylic acids is 1. The number of nitrogens with zero attached hydrogens (tertiary/aromatic N) is 2. The summed E-state index contributed by atoms with van der Waals surface area (Å²) >= 11 is 0. The summed E-state index contributed by atoms with van der Waals surface area (Å²) in [6.45, 7) is 4.37. The zero-order valence-electron chi connectivity index (χ0n) is 15.0. The van der Waals surface area contributed by atoms with Gasteiger partial charge in [0.15, 0.2) is 0 Å². The molecule has 1 saturated carbocycles. The minimum Gasteiger partial charge on any atom is -0.477 e. The first-order chi connectivity index (χ1) is 11.9. The molecular weight excluding hydrogens is 320 g/mol. The molecule has 0 radical (unpaired) electrons. The third-order valence-electron chi connectivity index (χ3n) is 5.86. The molecule has 6 heteroatoms. The maximum Gasteiger partial charge on any atom is 0.341 e. The third kappa shape index (κ3) is 3.34. The second-order valence-corrected chi connectivity index (χ2v) is 7.35. The molecule has 136 valence electrons. The van der Waals surface area contributed by atoms with Crippen LogP contribution in [0.5, 0.6) is 0 Å². The molecule has 0 spiro atoms. The summed E-state index contributed by atoms with van der Waals surface area (Å²) in [4.78, 5) is 38.1. The number of pyridine rings is 1. The fourth-order valence-electron chi connectivity index (χ4n) is 4.31. The van der Waals surface area contributed by atoms with Crippen molar-refractivity contribution in [3.05, 3.63) is 33.2 Å². The molecule has 0 bridgehead atoms. The maximum absolute atomic E-state index is 12.9. The standard InChI is InChI=1S/C19H26N2O4/c1-12(14-6-4-3-5-7-14)21-11-15-10-20(13(2)22)9-8-16(15)17(18(21)23)19(24)25/h11-12,14H,3-10H2,1-2H3,(H,24,25)/t12-/m1/s1. The van der Waals surface area contributed by atoms with Gasteiger partial charge >= 0.3 is 5.97 Å². The Morgan fingerprint density at radius 2 is 1.92 bits per heavy atom. The zero-order chi connectivity index (χ0) is 18.1. The topological polar surface area (TPSA) is 79.6 Å². The Balaban J connectivity index is 2.05. The first-order valence-corrected chi connectivity index (χ1v) is 9.16. The van der Waals surface area contributed by atoms with Crippen LogP contribution in [0.3, 0.4) is 0 Å². The minimum atomic E-state index is -1.16. The zero-order valence-corrected chi connectivity index (χ0v) is 15.0. The number of hydrogen-bond acceptors (Lipinski definition) is 3. The number of amides is 1. The quantitative estimate of drug-likeness (QED) is 0.912. The molecule has 25 heavy (non-hydrogen) atoms. The summed E-state index contributed by atoms with van der Waals surface area (Å²) < 4.78 is 1.61. The number of carboxylic acid groups (broad SMARTS) is 1. The summed E-state index contributed by atoms with van der Waals surface area (Å²) in [6, 6.07) is -0.0242. The van der Waals surface area contributed by atoms with Gasteiger partial charge in [0.05, 0.1) is 0 Å². The van der Waals surface area contributed by atoms with Crippen LogP contribution in [0.4, 0.5) is 0 Å². The van der Waals surface area contributed by atoms with Gasteiger partial charge < -0.3 is 14.6 Å². The lowest BCUT2D eigenvalue weighted by atomic mass is 9.84. The van der Waals surface area contributed by atoms with E-state index in [0.29, 0.717) is 31.0 Å². The Kier molecular flexibility index (Phi) is 4.97. The first kappa shape index (κ1) is 17.7. The van der Waals surface area contributed by atoms with Gasteiger partial charge in [-0.15, -0.1) is 0 Å². The van der Waals surface area contributed by atoms with Gasteiger partial charge in [-0.05, 0) is 43.2 Å². The fourth-order valence-corrected chi connectivity index (χ4v) is 4.31. The van der Waals surface area contributed by atoms with E-state index in [2.05, 4.69) is 0 Å². The molecule has 1 fully saturated rings. The van der Waals surface area contributed by atoms with E-state index in [0.717, 1.165) is 18.4 Å². The van der Waals surface area contributed by atoms with Crippen molar-refractivity contribution in [2.24, 2.45) is 5.92 Å². The third-order valence-corrected chi connectivity index (χ3v) is 5.86. The van der Waals surface area contributed by atoms with Crippen LogP contribution in [-0.4, -0.2) is 33.0 Å². The van der Waals surface area contributed by atoms with E-state index in [-0.39, 0.29) is 17.5 Å². The molecule has 1 aromatic rings. The highest BCUT2D eigenvalue weighted by Gasteiger charge is 2.29. The van der Waals surface area contributed by atoms with Crippen molar-refractivity contribution in [1.82, 2.24) is 9.47 Å². The minimum absolute atomic E-state index is 0.0242. The van der Waals surface area contributed by atoms with Gasteiger partial charge in [-0.2, -0.15) is 0 Å². The predicted molar refractivity (Wildman–Crippen MR) is 93.7 cm³/mol. The normalized spacial score (nSPS) is 19.4. The first-order valence-electron chi connectivity index (χ1n) is 9.16. The average Bonchev–Trinajstić information content (AvgIpc) is 2.60. The van der Waals surface area contributed by atoms with E-state index in [9.17, 15) is 19.5 Å². The summed E-state index contributed by atoms with van der Waals surface area (Å²) in [5.41, 5.74) is 0.882. The van der Waals surface area contributed by atoms with Crippen LogP contribution in [0.25, 0.3) is 0 Å². The lowest BCUT2D eigenvalue weighted by Gasteiger charge is -2.33. The van der Waals surface area contributed by atoms with Gasteiger partial charge in [-0.3, -0.25) is 9.59 Å². The second-order valence-electron chi connectivity index (χ2n) is 7.35. The number of carbonyl (C=O) groups excluding carboxylic acids is 1. The van der Waals surface area contributed by atoms with E-state index < -0.39 is 11.5 Å². The summed E-state index contributed by atoms with van der Waals surface area (Å²) in [7, 11) is 0. The van der Waals surface area contributed by atoms with Crippen molar-refractivity contribution in [2.75, 3.05) is 6.54 Å². The highest BCUT2D eigenvalue weighted by atomic mass is 16.4. The molecule has 1 aliphatic carbocycles. The molecule has 1 aliphatic heterocycles. The maximum atomic E-state index is 12.9. The summed E-state index contributed by atoms with van der Waals surface area (Å²) in [5.74, 6) is -0.790. The van der Waals surface area contributed by atoms with Gasteiger partial charge in [0.1, 0.15) is 5.56 Å². The number of aromatic nitrogens is 1. The highest BCUT2D eigenvalue weighted by molar-refractivity contribution is 5.89. The lowest BCUT2D eigenvalue weighted by Crippen LogP contribution is -2.40. The van der Waals surface area contributed by atoms with Crippen LogP contribution in [0.1, 0.15) is 73.5 Å². The van der Waals surface area contributed by atoms with Crippen molar-refractivity contribution >= 4 is 11.9 Å². The molecule has 1 atom stereocenters. The number of fused-ring (bicyclic) bond motifs is 1. The highest BCUT2D eigenvalue weighted by Crippen LogP contribution is 2.33. The molecule has 1 N–H and O–H groups in total. The number of hydrogen-bond donors (Lipinski definition) is 1. The van der Waals surface area contributed by atoms with Crippen LogP contribution < -0.4 is 5.56 Å². The summed E-state index contributed by atoms with van der Waals surface area (Å²) in [5, 5.41) is 9.62. The van der Waals surface area contributed by atoms with Crippen molar-refractivity contribution < 1.29 is 14.7 Å². The van der Waals surface area contributed by atoms with Crippen LogP contribution in [-0.2, 0) is 17.8 Å². The van der Waals surface area contributed by atoms with E-state index >= 15 is 0 Å². The molecular formula is C19H26N2O4. The molecule has 6 nitrogen and oxygen atoms in total. The number of rotatable bonds is 3. The Morgan fingerprint density at radius 3 is 2.52 bits per heavy atom. The number of carbonyl (C=O) groups is 2. The van der Waals surface area contributed by atoms with Crippen molar-refractivity contribution in [3.63, 3.8) is 0 Å². The monoisotopic (exact) mass is 346 g/mol. The van der Waals surface area contributed by atoms with Crippen LogP contribution >= 0.6 is 0 Å². The van der Waals surface area contributed by atoms with Crippen LogP contribution in [0.15, 0.2) is 11.0 Å². The summed E-state index contributed by atoms with van der Waals surface area (Å²) in [6.07, 6.45) is 7.94. The van der Waals surface area contributed by atoms with Gasteiger partial charge in [0.2, 0.25) is 5.91 Å². The Labute approximate surface area is 147 Å². The van der Waals surface area contributed by atoms with E-state index in [1.54, 1.807) is 15.7 Å². The van der Waals surface area contributed by atoms with E-state index in [1.165, 1.54) is 26.2 Å². The second kappa shape index (κ2) is 7.02. The Bertz CT molecular complexity index is 747. The number of carboxylic acids is 1. The van der Waals surface area contributed by atoms with Gasteiger partial charge in [0, 0.05) is 32.3 Å². The molecule has 2 aliphatic rings. The Hall–Kier alpha value is -2.11. The van der Waals surface area contributed by atoms with E-state index in [1.807, 2.05) is 6.92 Å². The van der Waals surface area contributed by atoms with Crippen molar-refractivity contribution in [3.8, 4) is 0 Å².